The van der Waals surface area contributed by atoms with Crippen LogP contribution in [0.5, 0.6) is 0 Å². The van der Waals surface area contributed by atoms with Gasteiger partial charge in [-0.2, -0.15) is 8.42 Å². The van der Waals surface area contributed by atoms with Crippen molar-refractivity contribution in [3.63, 3.8) is 0 Å². The van der Waals surface area contributed by atoms with Crippen molar-refractivity contribution in [2.24, 2.45) is 29.4 Å². The second-order valence-corrected chi connectivity index (χ2v) is 11.9. The van der Waals surface area contributed by atoms with Gasteiger partial charge in [-0.15, -0.1) is 0 Å². The molecule has 8 nitrogen and oxygen atoms in total. The molecule has 1 aromatic carbocycles. The number of carbonyl (C=O) groups excluding carboxylic acids is 2. The number of aliphatic hydroxyl groups excluding tert-OH is 1. The molecule has 0 aliphatic carbocycles. The fourth-order valence-corrected chi connectivity index (χ4v) is 2.98. The first-order valence-corrected chi connectivity index (χ1v) is 15.6. The molecule has 2 amide bonds. The molecule has 0 spiro atoms. The fourth-order valence-electron chi connectivity index (χ4n) is 2.50. The molecule has 222 valence electrons. The molecule has 0 aromatic heterocycles. The van der Waals surface area contributed by atoms with Crippen molar-refractivity contribution >= 4 is 21.9 Å². The van der Waals surface area contributed by atoms with Crippen LogP contribution in [0.1, 0.15) is 102 Å². The number of fused-ring (bicyclic) bond motifs is 1. The molecule has 0 saturated heterocycles. The minimum Gasteiger partial charge on any atom is -0.396 e. The third-order valence-electron chi connectivity index (χ3n) is 6.44. The maximum atomic E-state index is 12.0. The highest BCUT2D eigenvalue weighted by molar-refractivity contribution is 7.85. The van der Waals surface area contributed by atoms with E-state index in [9.17, 15) is 18.0 Å². The summed E-state index contributed by atoms with van der Waals surface area (Å²) in [6.45, 7) is 18.4. The van der Waals surface area contributed by atoms with Crippen LogP contribution in [0.2, 0.25) is 0 Å². The first kappa shape index (κ1) is 38.3. The highest BCUT2D eigenvalue weighted by Gasteiger charge is 2.35. The number of rotatable bonds is 11. The maximum Gasteiger partial charge on any atom is 0.264 e. The van der Waals surface area contributed by atoms with Gasteiger partial charge in [-0.05, 0) is 42.3 Å². The number of hydrogen-bond acceptors (Lipinski definition) is 7. The molecular formula is C29H54N2O6S. The lowest BCUT2D eigenvalue weighted by molar-refractivity contribution is 0.0631. The second-order valence-electron chi connectivity index (χ2n) is 10.2. The second kappa shape index (κ2) is 21.1. The van der Waals surface area contributed by atoms with Crippen LogP contribution in [0.25, 0.3) is 0 Å². The largest absolute Gasteiger partial charge is 0.396 e. The van der Waals surface area contributed by atoms with E-state index in [0.717, 1.165) is 32.1 Å². The topological polar surface area (TPSA) is 127 Å². The molecular weight excluding hydrogens is 504 g/mol. The van der Waals surface area contributed by atoms with Crippen LogP contribution in [0, 0.1) is 23.7 Å². The van der Waals surface area contributed by atoms with Crippen molar-refractivity contribution in [3.8, 4) is 0 Å². The summed E-state index contributed by atoms with van der Waals surface area (Å²) >= 11 is 0. The summed E-state index contributed by atoms with van der Waals surface area (Å²) in [5.41, 5.74) is 6.36. The van der Waals surface area contributed by atoms with Crippen LogP contribution in [-0.4, -0.2) is 62.8 Å². The molecule has 0 saturated carbocycles. The summed E-state index contributed by atoms with van der Waals surface area (Å²) in [5, 5.41) is 8.33. The van der Waals surface area contributed by atoms with Gasteiger partial charge in [0.1, 0.15) is 0 Å². The van der Waals surface area contributed by atoms with Crippen molar-refractivity contribution in [3.05, 3.63) is 35.4 Å². The van der Waals surface area contributed by atoms with E-state index in [1.807, 2.05) is 27.7 Å². The Labute approximate surface area is 232 Å². The molecule has 2 rings (SSSR count). The summed E-state index contributed by atoms with van der Waals surface area (Å²) in [6.07, 6.45) is 5.26. The summed E-state index contributed by atoms with van der Waals surface area (Å²) in [7, 11) is -3.23. The Balaban J connectivity index is 0. The Kier molecular flexibility index (Phi) is 21.3. The average molecular weight is 559 g/mol. The van der Waals surface area contributed by atoms with Gasteiger partial charge in [0.15, 0.2) is 0 Å². The molecule has 4 atom stereocenters. The molecule has 38 heavy (non-hydrogen) atoms. The highest BCUT2D eigenvalue weighted by atomic mass is 32.2. The number of carbonyl (C=O) groups is 2. The quantitative estimate of drug-likeness (QED) is 0.277. The lowest BCUT2D eigenvalue weighted by Gasteiger charge is -2.17. The number of aliphatic hydroxyl groups is 1. The number of benzene rings is 1. The Morgan fingerprint density at radius 2 is 1.24 bits per heavy atom. The predicted octanol–water partition coefficient (Wildman–Crippen LogP) is 5.35. The fraction of sp³-hybridized carbons (Fsp3) is 0.724. The molecule has 0 bridgehead atoms. The first-order chi connectivity index (χ1) is 17.7. The first-order valence-electron chi connectivity index (χ1n) is 13.8. The van der Waals surface area contributed by atoms with E-state index >= 15 is 0 Å². The summed E-state index contributed by atoms with van der Waals surface area (Å²) in [6, 6.07) is 7.01. The minimum absolute atomic E-state index is 0.152. The van der Waals surface area contributed by atoms with Gasteiger partial charge < -0.3 is 10.8 Å². The van der Waals surface area contributed by atoms with Crippen molar-refractivity contribution in [1.29, 1.82) is 0 Å². The normalized spacial score (nSPS) is 15.5. The van der Waals surface area contributed by atoms with Crippen LogP contribution < -0.4 is 5.73 Å². The highest BCUT2D eigenvalue weighted by Crippen LogP contribution is 2.23. The lowest BCUT2D eigenvalue weighted by Crippen LogP contribution is -2.33. The zero-order valence-electron chi connectivity index (χ0n) is 25.2. The van der Waals surface area contributed by atoms with Gasteiger partial charge in [0.25, 0.3) is 21.9 Å². The van der Waals surface area contributed by atoms with Crippen molar-refractivity contribution in [1.82, 2.24) is 4.90 Å². The van der Waals surface area contributed by atoms with Gasteiger partial charge in [0.2, 0.25) is 0 Å². The number of nitrogens with zero attached hydrogens (tertiary/aromatic N) is 1. The van der Waals surface area contributed by atoms with Gasteiger partial charge >= 0.3 is 0 Å². The van der Waals surface area contributed by atoms with E-state index in [0.29, 0.717) is 54.6 Å². The van der Waals surface area contributed by atoms with Crippen molar-refractivity contribution in [2.75, 3.05) is 32.6 Å². The van der Waals surface area contributed by atoms with E-state index in [2.05, 4.69) is 31.9 Å². The number of amides is 2. The van der Waals surface area contributed by atoms with Crippen LogP contribution in [-0.2, 0) is 14.3 Å². The van der Waals surface area contributed by atoms with E-state index in [1.165, 1.54) is 11.3 Å². The molecule has 1 aliphatic heterocycles. The van der Waals surface area contributed by atoms with Crippen molar-refractivity contribution in [2.45, 2.75) is 81.1 Å². The van der Waals surface area contributed by atoms with Gasteiger partial charge in [-0.1, -0.05) is 93.2 Å². The van der Waals surface area contributed by atoms with Crippen molar-refractivity contribution < 1.29 is 27.3 Å². The Bertz CT molecular complexity index is 838. The smallest absolute Gasteiger partial charge is 0.264 e. The standard InChI is InChI=1S/C13H15NO2.C6H14O3S.C5H13N.C5H12O/c1-3-9(2)8-14-12(15)10-6-4-5-7-11(10)13(14)16;1-4-6(2)5-9-10(3,7)8;2*1-3-5(2)4-6/h4-7,9H,3,8H2,1-2H3;6H,4-5H2,1-3H3;5H,3-4,6H2,1-2H3;5-6H,3-4H2,1-2H3/t9-;6-;2*5-/m0000/s1. The van der Waals surface area contributed by atoms with Gasteiger partial charge in [0.05, 0.1) is 24.0 Å². The third-order valence-corrected chi connectivity index (χ3v) is 7.01. The summed E-state index contributed by atoms with van der Waals surface area (Å²) in [4.78, 5) is 25.3. The van der Waals surface area contributed by atoms with E-state index < -0.39 is 10.1 Å². The lowest BCUT2D eigenvalue weighted by atomic mass is 10.1. The van der Waals surface area contributed by atoms with Crippen LogP contribution >= 0.6 is 0 Å². The van der Waals surface area contributed by atoms with Gasteiger partial charge in [0, 0.05) is 13.2 Å². The molecule has 1 aliphatic rings. The summed E-state index contributed by atoms with van der Waals surface area (Å²) in [5.74, 6) is 1.56. The monoisotopic (exact) mass is 558 g/mol. The number of nitrogens with two attached hydrogens (primary N) is 1. The predicted molar refractivity (Wildman–Crippen MR) is 157 cm³/mol. The van der Waals surface area contributed by atoms with Crippen LogP contribution in [0.4, 0.5) is 0 Å². The maximum absolute atomic E-state index is 12.0. The van der Waals surface area contributed by atoms with E-state index in [-0.39, 0.29) is 11.8 Å². The molecule has 9 heteroatoms. The molecule has 3 N–H and O–H groups in total. The zero-order valence-corrected chi connectivity index (χ0v) is 26.0. The molecule has 1 aromatic rings. The average Bonchev–Trinajstić information content (AvgIpc) is 3.15. The van der Waals surface area contributed by atoms with Gasteiger partial charge in [-0.3, -0.25) is 18.7 Å². The molecule has 0 fully saturated rings. The van der Waals surface area contributed by atoms with Crippen LogP contribution in [0.3, 0.4) is 0 Å². The Hall–Kier alpha value is -1.81. The van der Waals surface area contributed by atoms with Gasteiger partial charge in [-0.25, -0.2) is 0 Å². The zero-order chi connectivity index (χ0) is 29.9. The minimum atomic E-state index is -3.23. The van der Waals surface area contributed by atoms with E-state index in [4.69, 9.17) is 10.8 Å². The SMILES string of the molecule is CC[C@H](C)CN.CC[C@H](C)CN1C(=O)c2ccccc2C1=O.CC[C@H](C)CO.CC[C@H](C)COS(C)(=O)=O. The Morgan fingerprint density at radius 1 is 0.816 bits per heavy atom. The van der Waals surface area contributed by atoms with Crippen LogP contribution in [0.15, 0.2) is 24.3 Å². The summed E-state index contributed by atoms with van der Waals surface area (Å²) < 4.78 is 25.4. The molecule has 0 unspecified atom stereocenters. The molecule has 0 radical (unpaired) electrons. The third kappa shape index (κ3) is 16.9. The van der Waals surface area contributed by atoms with E-state index in [1.54, 1.807) is 24.3 Å². The number of imide groups is 1. The Morgan fingerprint density at radius 3 is 1.50 bits per heavy atom. The number of hydrogen-bond donors (Lipinski definition) is 2. The molecule has 1 heterocycles.